The molecule has 1 atom stereocenters. The fraction of sp³-hybridized carbons (Fsp3) is 0.750. The second-order valence-corrected chi connectivity index (χ2v) is 12.0. The Morgan fingerprint density at radius 2 is 1.76 bits per heavy atom. The molecule has 1 unspecified atom stereocenters. The summed E-state index contributed by atoms with van der Waals surface area (Å²) in [5.74, 6) is 0.546. The third kappa shape index (κ3) is 5.40. The Morgan fingerprint density at radius 1 is 1.09 bits per heavy atom. The fourth-order valence-electron chi connectivity index (χ4n) is 6.27. The molecular weight excluding hydrogens is 410 g/mol. The third-order valence-electron chi connectivity index (χ3n) is 8.21. The molecule has 5 nitrogen and oxygen atoms in total. The number of benzene rings is 1. The minimum Gasteiger partial charge on any atom is -0.444 e. The van der Waals surface area contributed by atoms with E-state index < -0.39 is 5.60 Å². The molecule has 1 amide bonds. The van der Waals surface area contributed by atoms with Gasteiger partial charge in [0.1, 0.15) is 5.60 Å². The Kier molecular flexibility index (Phi) is 7.12. The summed E-state index contributed by atoms with van der Waals surface area (Å²) in [6.45, 7) is 19.0. The highest BCUT2D eigenvalue weighted by Gasteiger charge is 2.50. The molecular formula is C28H45N3O2. The van der Waals surface area contributed by atoms with Crippen LogP contribution in [0.4, 0.5) is 4.79 Å². The molecule has 1 aliphatic carbocycles. The van der Waals surface area contributed by atoms with E-state index in [9.17, 15) is 4.79 Å². The maximum Gasteiger partial charge on any atom is 0.410 e. The van der Waals surface area contributed by atoms with Crippen LogP contribution in [0.5, 0.6) is 0 Å². The average molecular weight is 456 g/mol. The Bertz CT molecular complexity index is 815. The first-order chi connectivity index (χ1) is 15.6. The van der Waals surface area contributed by atoms with Crippen molar-refractivity contribution in [2.75, 3.05) is 39.3 Å². The summed E-state index contributed by atoms with van der Waals surface area (Å²) in [6, 6.07) is 10.3. The quantitative estimate of drug-likeness (QED) is 0.586. The predicted octanol–water partition coefficient (Wildman–Crippen LogP) is 5.67. The van der Waals surface area contributed by atoms with Gasteiger partial charge in [-0.2, -0.15) is 0 Å². The Hall–Kier alpha value is -1.59. The van der Waals surface area contributed by atoms with Crippen molar-refractivity contribution < 1.29 is 9.53 Å². The molecule has 0 bridgehead atoms. The number of hydrogen-bond acceptors (Lipinski definition) is 4. The molecule has 184 valence electrons. The number of likely N-dealkylation sites (N-methyl/N-ethyl adjacent to an activating group) is 1. The lowest BCUT2D eigenvalue weighted by molar-refractivity contribution is -0.0770. The third-order valence-corrected chi connectivity index (χ3v) is 8.21. The molecule has 0 aromatic heterocycles. The van der Waals surface area contributed by atoms with Crippen LogP contribution in [0.3, 0.4) is 0 Å². The summed E-state index contributed by atoms with van der Waals surface area (Å²) in [4.78, 5) is 19.9. The lowest BCUT2D eigenvalue weighted by atomic mass is 9.59. The SMILES string of the molecule is CCN1CCN(C2CC3(CCN(C(=O)OC(C)(C)C)CC3)C2)C(c2ccccc2C(C)C)C1. The minimum atomic E-state index is -0.421. The van der Waals surface area contributed by atoms with Crippen LogP contribution < -0.4 is 0 Å². The van der Waals surface area contributed by atoms with Gasteiger partial charge < -0.3 is 14.5 Å². The minimum absolute atomic E-state index is 0.144. The van der Waals surface area contributed by atoms with Gasteiger partial charge in [0.25, 0.3) is 0 Å². The van der Waals surface area contributed by atoms with E-state index >= 15 is 0 Å². The zero-order chi connectivity index (χ0) is 23.8. The molecule has 33 heavy (non-hydrogen) atoms. The van der Waals surface area contributed by atoms with E-state index in [0.29, 0.717) is 23.4 Å². The number of amides is 1. The zero-order valence-electron chi connectivity index (χ0n) is 21.8. The lowest BCUT2D eigenvalue weighted by Crippen LogP contribution is -2.60. The normalized spacial score (nSPS) is 24.8. The van der Waals surface area contributed by atoms with Crippen LogP contribution in [0.1, 0.15) is 90.3 Å². The van der Waals surface area contributed by atoms with Gasteiger partial charge in [0.05, 0.1) is 0 Å². The Morgan fingerprint density at radius 3 is 2.36 bits per heavy atom. The van der Waals surface area contributed by atoms with Gasteiger partial charge in [-0.1, -0.05) is 45.0 Å². The van der Waals surface area contributed by atoms with E-state index in [1.807, 2.05) is 25.7 Å². The van der Waals surface area contributed by atoms with Crippen molar-refractivity contribution in [2.45, 2.75) is 90.8 Å². The molecule has 5 heteroatoms. The first-order valence-corrected chi connectivity index (χ1v) is 13.2. The van der Waals surface area contributed by atoms with Crippen LogP contribution in [-0.2, 0) is 4.74 Å². The van der Waals surface area contributed by atoms with Gasteiger partial charge in [-0.3, -0.25) is 4.90 Å². The van der Waals surface area contributed by atoms with Crippen LogP contribution in [-0.4, -0.2) is 71.7 Å². The van der Waals surface area contributed by atoms with Crippen LogP contribution in [0.25, 0.3) is 0 Å². The molecule has 2 heterocycles. The summed E-state index contributed by atoms with van der Waals surface area (Å²) >= 11 is 0. The van der Waals surface area contributed by atoms with Crippen molar-refractivity contribution in [2.24, 2.45) is 5.41 Å². The monoisotopic (exact) mass is 455 g/mol. The molecule has 4 rings (SSSR count). The molecule has 3 aliphatic rings. The van der Waals surface area contributed by atoms with Crippen molar-refractivity contribution >= 4 is 6.09 Å². The predicted molar refractivity (Wildman–Crippen MR) is 135 cm³/mol. The molecule has 2 aliphatic heterocycles. The number of carbonyl (C=O) groups excluding carboxylic acids is 1. The number of hydrogen-bond donors (Lipinski definition) is 0. The Labute approximate surface area is 201 Å². The van der Waals surface area contributed by atoms with E-state index in [1.54, 1.807) is 0 Å². The van der Waals surface area contributed by atoms with E-state index in [0.717, 1.165) is 45.6 Å². The lowest BCUT2D eigenvalue weighted by Gasteiger charge is -2.58. The van der Waals surface area contributed by atoms with Gasteiger partial charge in [0, 0.05) is 44.8 Å². The van der Waals surface area contributed by atoms with Gasteiger partial charge in [0.15, 0.2) is 0 Å². The standard InChI is InChI=1S/C28H45N3O2/c1-7-29-16-17-31(25(20-29)24-11-9-8-10-23(24)21(2)3)22-18-28(19-22)12-14-30(15-13-28)26(32)33-27(4,5)6/h8-11,21-22,25H,7,12-20H2,1-6H3. The van der Waals surface area contributed by atoms with Crippen LogP contribution >= 0.6 is 0 Å². The summed E-state index contributed by atoms with van der Waals surface area (Å²) in [6.07, 6.45) is 4.65. The topological polar surface area (TPSA) is 36.0 Å². The highest BCUT2D eigenvalue weighted by molar-refractivity contribution is 5.68. The smallest absolute Gasteiger partial charge is 0.410 e. The molecule has 1 aromatic carbocycles. The number of carbonyl (C=O) groups is 1. The number of likely N-dealkylation sites (tertiary alicyclic amines) is 1. The molecule has 3 fully saturated rings. The molecule has 1 saturated carbocycles. The number of piperazine rings is 1. The van der Waals surface area contributed by atoms with E-state index in [2.05, 4.69) is 54.8 Å². The van der Waals surface area contributed by atoms with Gasteiger partial charge >= 0.3 is 6.09 Å². The summed E-state index contributed by atoms with van der Waals surface area (Å²) in [5, 5.41) is 0. The van der Waals surface area contributed by atoms with E-state index in [1.165, 1.54) is 30.5 Å². The van der Waals surface area contributed by atoms with Crippen LogP contribution in [0.2, 0.25) is 0 Å². The van der Waals surface area contributed by atoms with Gasteiger partial charge in [-0.25, -0.2) is 4.79 Å². The summed E-state index contributed by atoms with van der Waals surface area (Å²) in [7, 11) is 0. The second kappa shape index (κ2) is 9.58. The Balaban J connectivity index is 1.41. The van der Waals surface area contributed by atoms with Crippen LogP contribution in [0, 0.1) is 5.41 Å². The zero-order valence-corrected chi connectivity index (χ0v) is 21.8. The highest BCUT2D eigenvalue weighted by atomic mass is 16.6. The number of piperidine rings is 1. The van der Waals surface area contributed by atoms with Crippen LogP contribution in [0.15, 0.2) is 24.3 Å². The molecule has 1 aromatic rings. The number of ether oxygens (including phenoxy) is 1. The molecule has 0 N–H and O–H groups in total. The van der Waals surface area contributed by atoms with Crippen molar-refractivity contribution in [3.63, 3.8) is 0 Å². The van der Waals surface area contributed by atoms with Gasteiger partial charge in [-0.15, -0.1) is 0 Å². The van der Waals surface area contributed by atoms with Gasteiger partial charge in [0.2, 0.25) is 0 Å². The number of nitrogens with zero attached hydrogens (tertiary/aromatic N) is 3. The van der Waals surface area contributed by atoms with Crippen molar-refractivity contribution in [3.05, 3.63) is 35.4 Å². The second-order valence-electron chi connectivity index (χ2n) is 12.0. The maximum absolute atomic E-state index is 12.5. The molecule has 0 radical (unpaired) electrons. The first-order valence-electron chi connectivity index (χ1n) is 13.2. The largest absolute Gasteiger partial charge is 0.444 e. The molecule has 2 saturated heterocycles. The van der Waals surface area contributed by atoms with Crippen molar-refractivity contribution in [1.29, 1.82) is 0 Å². The highest BCUT2D eigenvalue weighted by Crippen LogP contribution is 2.53. The fourth-order valence-corrected chi connectivity index (χ4v) is 6.27. The van der Waals surface area contributed by atoms with E-state index in [-0.39, 0.29) is 6.09 Å². The summed E-state index contributed by atoms with van der Waals surface area (Å²) < 4.78 is 5.60. The molecule has 1 spiro atoms. The van der Waals surface area contributed by atoms with Crippen molar-refractivity contribution in [1.82, 2.24) is 14.7 Å². The summed E-state index contributed by atoms with van der Waals surface area (Å²) in [5.41, 5.74) is 3.04. The first kappa shape index (κ1) is 24.5. The van der Waals surface area contributed by atoms with Crippen molar-refractivity contribution in [3.8, 4) is 0 Å². The van der Waals surface area contributed by atoms with E-state index in [4.69, 9.17) is 4.74 Å². The maximum atomic E-state index is 12.5. The van der Waals surface area contributed by atoms with Gasteiger partial charge in [-0.05, 0) is 75.5 Å². The average Bonchev–Trinajstić information content (AvgIpc) is 2.76. The number of rotatable bonds is 4.